The molecule has 9 heteroatoms. The van der Waals surface area contributed by atoms with Crippen LogP contribution in [-0.4, -0.2) is 32.3 Å². The van der Waals surface area contributed by atoms with E-state index < -0.39 is 5.78 Å². The van der Waals surface area contributed by atoms with Crippen LogP contribution >= 0.6 is 35.0 Å². The molecule has 0 saturated carbocycles. The summed E-state index contributed by atoms with van der Waals surface area (Å²) in [5.74, 6) is 0.130. The van der Waals surface area contributed by atoms with E-state index in [4.69, 9.17) is 23.2 Å². The first-order valence-corrected chi connectivity index (χ1v) is 9.24. The summed E-state index contributed by atoms with van der Waals surface area (Å²) in [7, 11) is 1.75. The molecule has 25 heavy (non-hydrogen) atoms. The van der Waals surface area contributed by atoms with E-state index in [1.807, 2.05) is 6.92 Å². The molecule has 0 atom stereocenters. The highest BCUT2D eigenvalue weighted by Crippen LogP contribution is 2.27. The SMILES string of the molecule is CCC/C(Cl)=C(/C=O)C(=O)c1ccc(CSc2nnnn2C)cc1Cl. The van der Waals surface area contributed by atoms with E-state index in [-0.39, 0.29) is 21.2 Å². The van der Waals surface area contributed by atoms with E-state index in [1.54, 1.807) is 29.9 Å². The molecule has 0 aliphatic carbocycles. The van der Waals surface area contributed by atoms with Crippen LogP contribution in [0.1, 0.15) is 35.7 Å². The fourth-order valence-corrected chi connectivity index (χ4v) is 3.47. The minimum absolute atomic E-state index is 0.0438. The number of tetrazole rings is 1. The van der Waals surface area contributed by atoms with E-state index in [0.717, 1.165) is 12.0 Å². The highest BCUT2D eigenvalue weighted by Gasteiger charge is 2.18. The molecule has 0 spiro atoms. The number of ketones is 1. The number of aldehydes is 1. The van der Waals surface area contributed by atoms with Gasteiger partial charge in [0.1, 0.15) is 0 Å². The zero-order valence-electron chi connectivity index (χ0n) is 13.7. The van der Waals surface area contributed by atoms with Gasteiger partial charge in [-0.25, -0.2) is 4.68 Å². The first kappa shape index (κ1) is 19.6. The molecule has 0 amide bonds. The summed E-state index contributed by atoms with van der Waals surface area (Å²) < 4.78 is 1.57. The highest BCUT2D eigenvalue weighted by molar-refractivity contribution is 7.98. The van der Waals surface area contributed by atoms with Crippen molar-refractivity contribution in [2.75, 3.05) is 0 Å². The van der Waals surface area contributed by atoms with Crippen LogP contribution in [0.25, 0.3) is 0 Å². The smallest absolute Gasteiger partial charge is 0.209 e. The Morgan fingerprint density at radius 3 is 2.72 bits per heavy atom. The summed E-state index contributed by atoms with van der Waals surface area (Å²) in [6, 6.07) is 5.09. The monoisotopic (exact) mass is 398 g/mol. The van der Waals surface area contributed by atoms with Crippen molar-refractivity contribution in [2.24, 2.45) is 7.05 Å². The number of halogens is 2. The Kier molecular flexibility index (Phi) is 7.16. The van der Waals surface area contributed by atoms with Crippen molar-refractivity contribution in [1.29, 1.82) is 0 Å². The number of allylic oxidation sites excluding steroid dienone is 2. The van der Waals surface area contributed by atoms with Crippen LogP contribution < -0.4 is 0 Å². The molecular weight excluding hydrogens is 383 g/mol. The second kappa shape index (κ2) is 9.12. The largest absolute Gasteiger partial charge is 0.298 e. The number of Topliss-reactive ketones (excluding diaryl/α,β-unsaturated/α-hetero) is 1. The Morgan fingerprint density at radius 1 is 1.40 bits per heavy atom. The van der Waals surface area contributed by atoms with Crippen LogP contribution in [0.2, 0.25) is 5.02 Å². The summed E-state index contributed by atoms with van der Waals surface area (Å²) in [5, 5.41) is 12.4. The van der Waals surface area contributed by atoms with Crippen molar-refractivity contribution in [2.45, 2.75) is 30.7 Å². The number of hydrogen-bond acceptors (Lipinski definition) is 6. The molecule has 2 aromatic rings. The molecule has 0 aliphatic heterocycles. The third-order valence-corrected chi connectivity index (χ3v) is 5.14. The van der Waals surface area contributed by atoms with Gasteiger partial charge in [-0.2, -0.15) is 0 Å². The van der Waals surface area contributed by atoms with E-state index in [2.05, 4.69) is 15.5 Å². The zero-order valence-corrected chi connectivity index (χ0v) is 16.0. The first-order valence-electron chi connectivity index (χ1n) is 7.50. The Hall–Kier alpha value is -1.70. The molecule has 1 aromatic carbocycles. The fourth-order valence-electron chi connectivity index (χ4n) is 2.06. The highest BCUT2D eigenvalue weighted by atomic mass is 35.5. The van der Waals surface area contributed by atoms with Crippen molar-refractivity contribution in [1.82, 2.24) is 20.2 Å². The first-order chi connectivity index (χ1) is 12.0. The second-order valence-electron chi connectivity index (χ2n) is 5.20. The third-order valence-electron chi connectivity index (χ3n) is 3.35. The number of carbonyl (C=O) groups is 2. The number of rotatable bonds is 8. The van der Waals surface area contributed by atoms with Gasteiger partial charge >= 0.3 is 0 Å². The van der Waals surface area contributed by atoms with Gasteiger partial charge in [-0.05, 0) is 34.5 Å². The van der Waals surface area contributed by atoms with Gasteiger partial charge in [-0.1, -0.05) is 54.4 Å². The number of aromatic nitrogens is 4. The lowest BCUT2D eigenvalue weighted by Crippen LogP contribution is -2.07. The molecule has 132 valence electrons. The molecule has 1 aromatic heterocycles. The number of carbonyl (C=O) groups excluding carboxylic acids is 2. The summed E-state index contributed by atoms with van der Waals surface area (Å²) in [4.78, 5) is 23.8. The topological polar surface area (TPSA) is 77.7 Å². The molecule has 0 unspecified atom stereocenters. The Bertz CT molecular complexity index is 820. The minimum Gasteiger partial charge on any atom is -0.298 e. The molecule has 0 N–H and O–H groups in total. The fraction of sp³-hybridized carbons (Fsp3) is 0.312. The lowest BCUT2D eigenvalue weighted by atomic mass is 10.0. The van der Waals surface area contributed by atoms with Crippen molar-refractivity contribution < 1.29 is 9.59 Å². The Balaban J connectivity index is 2.18. The predicted octanol–water partition coefficient (Wildman–Crippen LogP) is 3.83. The molecule has 0 bridgehead atoms. The average Bonchev–Trinajstić information content (AvgIpc) is 2.99. The molecule has 0 fully saturated rings. The minimum atomic E-state index is -0.463. The molecule has 6 nitrogen and oxygen atoms in total. The van der Waals surface area contributed by atoms with Crippen LogP contribution in [0.15, 0.2) is 34.0 Å². The lowest BCUT2D eigenvalue weighted by Gasteiger charge is -2.08. The molecule has 2 rings (SSSR count). The molecule has 1 heterocycles. The maximum Gasteiger partial charge on any atom is 0.209 e. The van der Waals surface area contributed by atoms with Crippen molar-refractivity contribution in [3.63, 3.8) is 0 Å². The van der Waals surface area contributed by atoms with Crippen LogP contribution in [0.4, 0.5) is 0 Å². The Morgan fingerprint density at radius 2 is 2.16 bits per heavy atom. The van der Waals surface area contributed by atoms with Crippen LogP contribution in [0, 0.1) is 0 Å². The summed E-state index contributed by atoms with van der Waals surface area (Å²) in [5.41, 5.74) is 1.12. The van der Waals surface area contributed by atoms with E-state index in [0.29, 0.717) is 23.6 Å². The molecular formula is C16H16Cl2N4O2S. The van der Waals surface area contributed by atoms with Crippen molar-refractivity contribution in [3.8, 4) is 0 Å². The Labute approximate surface area is 159 Å². The number of hydrogen-bond donors (Lipinski definition) is 0. The molecule has 0 radical (unpaired) electrons. The van der Waals surface area contributed by atoms with Gasteiger partial charge in [-0.3, -0.25) is 9.59 Å². The third kappa shape index (κ3) is 4.90. The van der Waals surface area contributed by atoms with E-state index in [1.165, 1.54) is 11.8 Å². The van der Waals surface area contributed by atoms with Gasteiger partial charge in [0.25, 0.3) is 0 Å². The zero-order chi connectivity index (χ0) is 18.4. The van der Waals surface area contributed by atoms with Gasteiger partial charge in [0.2, 0.25) is 5.16 Å². The molecule has 0 saturated heterocycles. The van der Waals surface area contributed by atoms with E-state index >= 15 is 0 Å². The standard InChI is InChI=1S/C16H16Cl2N4O2S/c1-3-4-13(17)12(8-23)15(24)11-6-5-10(7-14(11)18)9-25-16-19-20-21-22(16)2/h5-8H,3-4,9H2,1-2H3/b13-12+. The summed E-state index contributed by atoms with van der Waals surface area (Å²) in [6.45, 7) is 1.92. The normalized spacial score (nSPS) is 12.0. The van der Waals surface area contributed by atoms with Gasteiger partial charge in [0.15, 0.2) is 12.1 Å². The number of aryl methyl sites for hydroxylation is 1. The second-order valence-corrected chi connectivity index (χ2v) is 7.01. The van der Waals surface area contributed by atoms with Crippen LogP contribution in [0.3, 0.4) is 0 Å². The summed E-state index contributed by atoms with van der Waals surface area (Å²) in [6.07, 6.45) is 1.70. The quantitative estimate of drug-likeness (QED) is 0.168. The van der Waals surface area contributed by atoms with E-state index in [9.17, 15) is 9.59 Å². The average molecular weight is 399 g/mol. The van der Waals surface area contributed by atoms with Crippen LogP contribution in [0.5, 0.6) is 0 Å². The number of thioether (sulfide) groups is 1. The molecule has 0 aliphatic rings. The van der Waals surface area contributed by atoms with Gasteiger partial charge < -0.3 is 0 Å². The van der Waals surface area contributed by atoms with Gasteiger partial charge in [0.05, 0.1) is 10.6 Å². The van der Waals surface area contributed by atoms with Gasteiger partial charge in [0, 0.05) is 23.4 Å². The van der Waals surface area contributed by atoms with Crippen LogP contribution in [-0.2, 0) is 17.6 Å². The lowest BCUT2D eigenvalue weighted by molar-refractivity contribution is -0.104. The maximum atomic E-state index is 12.5. The predicted molar refractivity (Wildman–Crippen MR) is 98.0 cm³/mol. The van der Waals surface area contributed by atoms with Crippen molar-refractivity contribution in [3.05, 3.63) is 45.0 Å². The maximum absolute atomic E-state index is 12.5. The van der Waals surface area contributed by atoms with Gasteiger partial charge in [-0.15, -0.1) is 5.10 Å². The van der Waals surface area contributed by atoms with Crippen molar-refractivity contribution >= 4 is 47.0 Å². The summed E-state index contributed by atoms with van der Waals surface area (Å²) >= 11 is 13.7. The number of benzene rings is 1. The number of nitrogens with zero attached hydrogens (tertiary/aromatic N) is 4.